The van der Waals surface area contributed by atoms with Gasteiger partial charge in [0.25, 0.3) is 0 Å². The molecule has 2 rings (SSSR count). The first-order valence-electron chi connectivity index (χ1n) is 7.91. The Hall–Kier alpha value is -1.46. The Bertz CT molecular complexity index is 471. The van der Waals surface area contributed by atoms with Gasteiger partial charge in [0, 0.05) is 0 Å². The van der Waals surface area contributed by atoms with Crippen molar-refractivity contribution in [3.05, 3.63) is 35.6 Å². The van der Waals surface area contributed by atoms with Crippen molar-refractivity contribution < 1.29 is 19.0 Å². The summed E-state index contributed by atoms with van der Waals surface area (Å²) >= 11 is 0. The van der Waals surface area contributed by atoms with Gasteiger partial charge < -0.3 is 15.2 Å². The van der Waals surface area contributed by atoms with E-state index in [4.69, 9.17) is 4.74 Å². The Labute approximate surface area is 130 Å². The minimum atomic E-state index is -0.876. The quantitative estimate of drug-likeness (QED) is 0.849. The molecule has 0 bridgehead atoms. The minimum Gasteiger partial charge on any atom is -0.386 e. The lowest BCUT2D eigenvalue weighted by molar-refractivity contribution is -0.129. The summed E-state index contributed by atoms with van der Waals surface area (Å²) in [6, 6.07) is 5.15. The molecule has 4 nitrogen and oxygen atoms in total. The highest BCUT2D eigenvalue weighted by Crippen LogP contribution is 2.20. The lowest BCUT2D eigenvalue weighted by Gasteiger charge is -2.23. The standard InChI is InChI=1S/C17H24FNO3/c1-12(17(21)13-7-9-14(18)10-8-13)19-16(20)11-22-15-5-3-2-4-6-15/h7-10,12,15,17,21H,2-6,11H2,1H3,(H,19,20). The van der Waals surface area contributed by atoms with E-state index in [1.54, 1.807) is 6.92 Å². The maximum atomic E-state index is 12.9. The highest BCUT2D eigenvalue weighted by atomic mass is 19.1. The van der Waals surface area contributed by atoms with Gasteiger partial charge in [-0.25, -0.2) is 4.39 Å². The summed E-state index contributed by atoms with van der Waals surface area (Å²) < 4.78 is 18.5. The minimum absolute atomic E-state index is 0.0190. The number of nitrogens with one attached hydrogen (secondary N) is 1. The fourth-order valence-electron chi connectivity index (χ4n) is 2.75. The second-order valence-corrected chi connectivity index (χ2v) is 5.92. The van der Waals surface area contributed by atoms with Gasteiger partial charge in [-0.3, -0.25) is 4.79 Å². The fourth-order valence-corrected chi connectivity index (χ4v) is 2.75. The summed E-state index contributed by atoms with van der Waals surface area (Å²) in [7, 11) is 0. The maximum absolute atomic E-state index is 12.9. The average Bonchev–Trinajstić information content (AvgIpc) is 2.54. The number of amides is 1. The summed E-state index contributed by atoms with van der Waals surface area (Å²) in [6.45, 7) is 1.73. The molecular formula is C17H24FNO3. The van der Waals surface area contributed by atoms with Gasteiger partial charge in [0.05, 0.1) is 18.2 Å². The first kappa shape index (κ1) is 16.9. The number of benzene rings is 1. The van der Waals surface area contributed by atoms with Crippen molar-refractivity contribution in [1.29, 1.82) is 0 Å². The number of hydrogen-bond acceptors (Lipinski definition) is 3. The molecular weight excluding hydrogens is 285 g/mol. The smallest absolute Gasteiger partial charge is 0.246 e. The second kappa shape index (κ2) is 8.25. The molecule has 0 spiro atoms. The summed E-state index contributed by atoms with van der Waals surface area (Å²) in [5, 5.41) is 12.9. The van der Waals surface area contributed by atoms with E-state index in [0.717, 1.165) is 25.7 Å². The zero-order chi connectivity index (χ0) is 15.9. The Kier molecular flexibility index (Phi) is 6.34. The van der Waals surface area contributed by atoms with Gasteiger partial charge in [0.2, 0.25) is 5.91 Å². The van der Waals surface area contributed by atoms with Crippen LogP contribution >= 0.6 is 0 Å². The van der Waals surface area contributed by atoms with Crippen molar-refractivity contribution in [2.75, 3.05) is 6.61 Å². The summed E-state index contributed by atoms with van der Waals surface area (Å²) in [5.74, 6) is -0.590. The Morgan fingerprint density at radius 1 is 1.32 bits per heavy atom. The molecule has 0 saturated heterocycles. The fraction of sp³-hybridized carbons (Fsp3) is 0.588. The molecule has 1 aliphatic rings. The molecule has 1 amide bonds. The molecule has 1 aromatic carbocycles. The molecule has 0 heterocycles. The second-order valence-electron chi connectivity index (χ2n) is 5.92. The molecule has 122 valence electrons. The van der Waals surface area contributed by atoms with E-state index in [1.165, 1.54) is 30.7 Å². The number of hydrogen-bond donors (Lipinski definition) is 2. The average molecular weight is 309 g/mol. The van der Waals surface area contributed by atoms with Crippen molar-refractivity contribution in [2.24, 2.45) is 0 Å². The Morgan fingerprint density at radius 3 is 2.59 bits per heavy atom. The molecule has 0 aliphatic heterocycles. The number of aliphatic hydroxyl groups is 1. The van der Waals surface area contributed by atoms with Crippen LogP contribution in [0.4, 0.5) is 4.39 Å². The van der Waals surface area contributed by atoms with Gasteiger partial charge >= 0.3 is 0 Å². The van der Waals surface area contributed by atoms with Crippen molar-refractivity contribution in [3.63, 3.8) is 0 Å². The van der Waals surface area contributed by atoms with Crippen molar-refractivity contribution in [3.8, 4) is 0 Å². The van der Waals surface area contributed by atoms with Gasteiger partial charge in [0.15, 0.2) is 0 Å². The molecule has 1 aromatic rings. The zero-order valence-corrected chi connectivity index (χ0v) is 12.9. The van der Waals surface area contributed by atoms with Crippen LogP contribution < -0.4 is 5.32 Å². The van der Waals surface area contributed by atoms with E-state index in [2.05, 4.69) is 5.32 Å². The van der Waals surface area contributed by atoms with Gasteiger partial charge in [0.1, 0.15) is 12.4 Å². The van der Waals surface area contributed by atoms with Crippen molar-refractivity contribution >= 4 is 5.91 Å². The van der Waals surface area contributed by atoms with Gasteiger partial charge in [-0.15, -0.1) is 0 Å². The zero-order valence-electron chi connectivity index (χ0n) is 12.9. The maximum Gasteiger partial charge on any atom is 0.246 e. The Balaban J connectivity index is 1.76. The molecule has 5 heteroatoms. The van der Waals surface area contributed by atoms with E-state index >= 15 is 0 Å². The van der Waals surface area contributed by atoms with Crippen LogP contribution in [0, 0.1) is 5.82 Å². The molecule has 2 unspecified atom stereocenters. The summed E-state index contributed by atoms with van der Waals surface area (Å²) in [5.41, 5.74) is 0.572. The lowest BCUT2D eigenvalue weighted by atomic mass is 9.98. The summed E-state index contributed by atoms with van der Waals surface area (Å²) in [4.78, 5) is 11.9. The first-order chi connectivity index (χ1) is 10.6. The first-order valence-corrected chi connectivity index (χ1v) is 7.91. The van der Waals surface area contributed by atoms with Crippen molar-refractivity contribution in [1.82, 2.24) is 5.32 Å². The molecule has 0 aromatic heterocycles. The van der Waals surface area contributed by atoms with E-state index < -0.39 is 12.1 Å². The van der Waals surface area contributed by atoms with Gasteiger partial charge in [-0.2, -0.15) is 0 Å². The molecule has 2 atom stereocenters. The molecule has 22 heavy (non-hydrogen) atoms. The number of carbonyl (C=O) groups excluding carboxylic acids is 1. The number of halogens is 1. The third-order valence-electron chi connectivity index (χ3n) is 4.08. The predicted molar refractivity (Wildman–Crippen MR) is 81.8 cm³/mol. The molecule has 1 fully saturated rings. The van der Waals surface area contributed by atoms with Gasteiger partial charge in [-0.05, 0) is 37.5 Å². The van der Waals surface area contributed by atoms with E-state index in [-0.39, 0.29) is 24.4 Å². The topological polar surface area (TPSA) is 58.6 Å². The number of carbonyl (C=O) groups is 1. The van der Waals surface area contributed by atoms with Crippen molar-refractivity contribution in [2.45, 2.75) is 57.3 Å². The van der Waals surface area contributed by atoms with Crippen LogP contribution in [0.3, 0.4) is 0 Å². The molecule has 2 N–H and O–H groups in total. The normalized spacial score (nSPS) is 18.7. The van der Waals surface area contributed by atoms with Crippen LogP contribution in [0.1, 0.15) is 50.7 Å². The lowest BCUT2D eigenvalue weighted by Crippen LogP contribution is -2.39. The number of rotatable bonds is 6. The van der Waals surface area contributed by atoms with Crippen LogP contribution in [-0.2, 0) is 9.53 Å². The van der Waals surface area contributed by atoms with Crippen LogP contribution in [0.25, 0.3) is 0 Å². The highest BCUT2D eigenvalue weighted by Gasteiger charge is 2.20. The van der Waals surface area contributed by atoms with Crippen LogP contribution in [0.5, 0.6) is 0 Å². The third kappa shape index (κ3) is 5.07. The largest absolute Gasteiger partial charge is 0.386 e. The molecule has 0 radical (unpaired) electrons. The molecule has 1 aliphatic carbocycles. The van der Waals surface area contributed by atoms with Crippen LogP contribution in [0.2, 0.25) is 0 Å². The monoisotopic (exact) mass is 309 g/mol. The summed E-state index contributed by atoms with van der Waals surface area (Å²) in [6.07, 6.45) is 4.89. The number of ether oxygens (including phenoxy) is 1. The number of aliphatic hydroxyl groups excluding tert-OH is 1. The van der Waals surface area contributed by atoms with E-state index in [9.17, 15) is 14.3 Å². The van der Waals surface area contributed by atoms with E-state index in [0.29, 0.717) is 5.56 Å². The SMILES string of the molecule is CC(NC(=O)COC1CCCCC1)C(O)c1ccc(F)cc1. The van der Waals surface area contributed by atoms with Crippen LogP contribution in [-0.4, -0.2) is 29.8 Å². The van der Waals surface area contributed by atoms with Crippen LogP contribution in [0.15, 0.2) is 24.3 Å². The van der Waals surface area contributed by atoms with Gasteiger partial charge in [-0.1, -0.05) is 31.4 Å². The Morgan fingerprint density at radius 2 is 1.95 bits per heavy atom. The highest BCUT2D eigenvalue weighted by molar-refractivity contribution is 5.77. The molecule has 1 saturated carbocycles. The predicted octanol–water partition coefficient (Wildman–Crippen LogP) is 2.71. The third-order valence-corrected chi connectivity index (χ3v) is 4.08. The van der Waals surface area contributed by atoms with E-state index in [1.807, 2.05) is 0 Å².